The Morgan fingerprint density at radius 3 is 2.50 bits per heavy atom. The Bertz CT molecular complexity index is 1040. The van der Waals surface area contributed by atoms with Crippen molar-refractivity contribution in [3.8, 4) is 17.2 Å². The van der Waals surface area contributed by atoms with Crippen molar-refractivity contribution in [2.75, 3.05) is 45.4 Å². The van der Waals surface area contributed by atoms with Gasteiger partial charge in [-0.2, -0.15) is 0 Å². The molecule has 0 aromatic heterocycles. The van der Waals surface area contributed by atoms with E-state index in [1.165, 1.54) is 0 Å². The molecule has 2 aliphatic heterocycles. The topological polar surface area (TPSA) is 80.3 Å². The van der Waals surface area contributed by atoms with Gasteiger partial charge in [-0.05, 0) is 43.0 Å². The highest BCUT2D eigenvalue weighted by Gasteiger charge is 2.37. The van der Waals surface area contributed by atoms with Gasteiger partial charge in [-0.3, -0.25) is 14.5 Å². The summed E-state index contributed by atoms with van der Waals surface area (Å²) < 4.78 is 16.2. The van der Waals surface area contributed by atoms with Crippen LogP contribution in [0.1, 0.15) is 36.0 Å². The average Bonchev–Trinajstić information content (AvgIpc) is 3.56. The zero-order valence-corrected chi connectivity index (χ0v) is 19.5. The van der Waals surface area contributed by atoms with Crippen molar-refractivity contribution >= 4 is 17.5 Å². The molecule has 1 saturated carbocycles. The summed E-state index contributed by atoms with van der Waals surface area (Å²) >= 11 is 0. The summed E-state index contributed by atoms with van der Waals surface area (Å²) in [6.45, 7) is 2.69. The normalized spacial score (nSPS) is 19.1. The molecule has 0 radical (unpaired) electrons. The number of methoxy groups -OCH3 is 1. The van der Waals surface area contributed by atoms with E-state index in [-0.39, 0.29) is 24.6 Å². The van der Waals surface area contributed by atoms with Gasteiger partial charge in [0.2, 0.25) is 12.7 Å². The first-order chi connectivity index (χ1) is 16.6. The summed E-state index contributed by atoms with van der Waals surface area (Å²) in [5.74, 6) is 2.24. The van der Waals surface area contributed by atoms with Crippen molar-refractivity contribution < 1.29 is 23.8 Å². The lowest BCUT2D eigenvalue weighted by Gasteiger charge is -2.40. The number of anilines is 1. The quantitative estimate of drug-likeness (QED) is 0.705. The molecule has 2 aromatic rings. The summed E-state index contributed by atoms with van der Waals surface area (Å²) in [7, 11) is 1.58. The lowest BCUT2D eigenvalue weighted by molar-refractivity contribution is -0.123. The third-order valence-corrected chi connectivity index (χ3v) is 7.09. The van der Waals surface area contributed by atoms with Gasteiger partial charge in [0, 0.05) is 37.9 Å². The number of ether oxygens (including phenoxy) is 3. The van der Waals surface area contributed by atoms with E-state index in [9.17, 15) is 9.59 Å². The number of carbonyl (C=O) groups excluding carboxylic acids is 2. The number of carbonyl (C=O) groups is 2. The number of hydrogen-bond donors (Lipinski definition) is 1. The molecule has 2 amide bonds. The molecule has 34 heavy (non-hydrogen) atoms. The molecule has 2 fully saturated rings. The van der Waals surface area contributed by atoms with Gasteiger partial charge in [-0.25, -0.2) is 0 Å². The number of rotatable bonds is 6. The van der Waals surface area contributed by atoms with Gasteiger partial charge < -0.3 is 24.4 Å². The van der Waals surface area contributed by atoms with Gasteiger partial charge in [-0.1, -0.05) is 25.0 Å². The maximum atomic E-state index is 13.5. The molecular weight excluding hydrogens is 434 g/mol. The van der Waals surface area contributed by atoms with Crippen LogP contribution in [0.15, 0.2) is 42.5 Å². The molecule has 2 aromatic carbocycles. The van der Waals surface area contributed by atoms with Crippen molar-refractivity contribution in [1.29, 1.82) is 0 Å². The Kier molecular flexibility index (Phi) is 6.58. The zero-order chi connectivity index (χ0) is 23.5. The van der Waals surface area contributed by atoms with Gasteiger partial charge in [-0.15, -0.1) is 0 Å². The molecular formula is C26H31N3O5. The van der Waals surface area contributed by atoms with Crippen molar-refractivity contribution in [2.24, 2.45) is 5.92 Å². The summed E-state index contributed by atoms with van der Waals surface area (Å²) in [4.78, 5) is 30.7. The second kappa shape index (κ2) is 9.93. The van der Waals surface area contributed by atoms with Gasteiger partial charge >= 0.3 is 0 Å². The van der Waals surface area contributed by atoms with E-state index in [1.54, 1.807) is 19.2 Å². The van der Waals surface area contributed by atoms with Crippen LogP contribution in [0.2, 0.25) is 0 Å². The Morgan fingerprint density at radius 2 is 1.74 bits per heavy atom. The number of fused-ring (bicyclic) bond motifs is 1. The molecule has 1 atom stereocenters. The van der Waals surface area contributed by atoms with Crippen LogP contribution in [0.25, 0.3) is 0 Å². The maximum Gasteiger partial charge on any atom is 0.257 e. The molecule has 1 saturated heterocycles. The Balaban J connectivity index is 1.27. The van der Waals surface area contributed by atoms with Crippen molar-refractivity contribution in [3.05, 3.63) is 48.0 Å². The van der Waals surface area contributed by atoms with Crippen LogP contribution in [0.4, 0.5) is 5.69 Å². The molecule has 1 aliphatic carbocycles. The Labute approximate surface area is 199 Å². The van der Waals surface area contributed by atoms with Crippen LogP contribution in [-0.2, 0) is 4.79 Å². The van der Waals surface area contributed by atoms with Crippen LogP contribution >= 0.6 is 0 Å². The summed E-state index contributed by atoms with van der Waals surface area (Å²) in [5, 5.41) is 3.11. The fraction of sp³-hybridized carbons (Fsp3) is 0.462. The second-order valence-electron chi connectivity index (χ2n) is 9.08. The lowest BCUT2D eigenvalue weighted by atomic mass is 9.94. The minimum atomic E-state index is -0.212. The molecule has 1 unspecified atom stereocenters. The number of nitrogens with one attached hydrogen (secondary N) is 1. The number of amides is 2. The molecule has 0 spiro atoms. The third-order valence-electron chi connectivity index (χ3n) is 7.09. The number of nitrogens with zero attached hydrogens (tertiary/aromatic N) is 2. The standard InChI is InChI=1S/C26H31N3O5/c1-32-21-9-5-4-8-20(21)26(31)29-14-12-28(13-15-29)24(18-6-2-3-7-18)25(30)27-19-10-11-22-23(16-19)34-17-33-22/h4-5,8-11,16,18,24H,2-3,6-7,12-15,17H2,1H3,(H,27,30). The van der Waals surface area contributed by atoms with Crippen LogP contribution in [0.3, 0.4) is 0 Å². The van der Waals surface area contributed by atoms with Gasteiger partial charge in [0.05, 0.1) is 18.7 Å². The maximum absolute atomic E-state index is 13.5. The molecule has 3 aliphatic rings. The largest absolute Gasteiger partial charge is 0.496 e. The minimum absolute atomic E-state index is 0.00951. The number of benzene rings is 2. The van der Waals surface area contributed by atoms with Gasteiger partial charge in [0.25, 0.3) is 5.91 Å². The Morgan fingerprint density at radius 1 is 1.00 bits per heavy atom. The molecule has 0 bridgehead atoms. The summed E-state index contributed by atoms with van der Waals surface area (Å²) in [6.07, 6.45) is 4.43. The minimum Gasteiger partial charge on any atom is -0.496 e. The monoisotopic (exact) mass is 465 g/mol. The smallest absolute Gasteiger partial charge is 0.257 e. The lowest BCUT2D eigenvalue weighted by Crippen LogP contribution is -2.56. The van der Waals surface area contributed by atoms with E-state index >= 15 is 0 Å². The number of hydrogen-bond acceptors (Lipinski definition) is 6. The van der Waals surface area contributed by atoms with Crippen molar-refractivity contribution in [1.82, 2.24) is 9.80 Å². The van der Waals surface area contributed by atoms with Crippen LogP contribution in [0, 0.1) is 5.92 Å². The summed E-state index contributed by atoms with van der Waals surface area (Å²) in [5.41, 5.74) is 1.29. The van der Waals surface area contributed by atoms with Gasteiger partial charge in [0.15, 0.2) is 11.5 Å². The fourth-order valence-electron chi connectivity index (χ4n) is 5.34. The third kappa shape index (κ3) is 4.55. The van der Waals surface area contributed by atoms with E-state index in [1.807, 2.05) is 35.2 Å². The highest BCUT2D eigenvalue weighted by atomic mass is 16.7. The SMILES string of the molecule is COc1ccccc1C(=O)N1CCN(C(C(=O)Nc2ccc3c(c2)OCO3)C2CCCC2)CC1. The summed E-state index contributed by atoms with van der Waals surface area (Å²) in [6, 6.07) is 12.6. The number of piperazine rings is 1. The van der Waals surface area contributed by atoms with Crippen LogP contribution in [0.5, 0.6) is 17.2 Å². The highest BCUT2D eigenvalue weighted by Crippen LogP contribution is 2.35. The van der Waals surface area contributed by atoms with Crippen LogP contribution < -0.4 is 19.5 Å². The van der Waals surface area contributed by atoms with E-state index in [2.05, 4.69) is 10.2 Å². The average molecular weight is 466 g/mol. The van der Waals surface area contributed by atoms with E-state index in [0.717, 1.165) is 25.7 Å². The first-order valence-electron chi connectivity index (χ1n) is 12.0. The molecule has 5 rings (SSSR count). The Hall–Kier alpha value is -3.26. The fourth-order valence-corrected chi connectivity index (χ4v) is 5.34. The van der Waals surface area contributed by atoms with E-state index in [0.29, 0.717) is 60.6 Å². The van der Waals surface area contributed by atoms with Crippen molar-refractivity contribution in [3.63, 3.8) is 0 Å². The second-order valence-corrected chi connectivity index (χ2v) is 9.08. The molecule has 2 heterocycles. The molecule has 1 N–H and O–H groups in total. The molecule has 8 heteroatoms. The molecule has 8 nitrogen and oxygen atoms in total. The predicted molar refractivity (Wildman–Crippen MR) is 127 cm³/mol. The van der Waals surface area contributed by atoms with Gasteiger partial charge in [0.1, 0.15) is 5.75 Å². The molecule has 180 valence electrons. The first-order valence-corrected chi connectivity index (χ1v) is 12.0. The zero-order valence-electron chi connectivity index (χ0n) is 19.5. The van der Waals surface area contributed by atoms with E-state index < -0.39 is 0 Å². The van der Waals surface area contributed by atoms with Crippen LogP contribution in [-0.4, -0.2) is 67.7 Å². The van der Waals surface area contributed by atoms with E-state index in [4.69, 9.17) is 14.2 Å². The highest BCUT2D eigenvalue weighted by molar-refractivity contribution is 5.97. The predicted octanol–water partition coefficient (Wildman–Crippen LogP) is 3.38. The number of para-hydroxylation sites is 1. The first kappa shape index (κ1) is 22.5. The van der Waals surface area contributed by atoms with Crippen molar-refractivity contribution in [2.45, 2.75) is 31.7 Å².